The zero-order chi connectivity index (χ0) is 31.4. The number of carbonyl (C=O) groups is 2. The Hall–Kier alpha value is -3.81. The van der Waals surface area contributed by atoms with E-state index in [0.717, 1.165) is 48.0 Å². The van der Waals surface area contributed by atoms with Crippen LogP contribution in [0.3, 0.4) is 0 Å². The third-order valence-electron chi connectivity index (χ3n) is 7.25. The van der Waals surface area contributed by atoms with Gasteiger partial charge in [-0.1, -0.05) is 29.0 Å². The van der Waals surface area contributed by atoms with Gasteiger partial charge in [-0.25, -0.2) is 18.6 Å². The average molecular weight is 647 g/mol. The minimum absolute atomic E-state index is 0.169. The highest BCUT2D eigenvalue weighted by Crippen LogP contribution is 2.38. The van der Waals surface area contributed by atoms with Crippen molar-refractivity contribution in [2.75, 3.05) is 58.5 Å². The van der Waals surface area contributed by atoms with Crippen molar-refractivity contribution in [1.29, 1.82) is 0 Å². The molecule has 3 aromatic rings. The molecule has 10 nitrogen and oxygen atoms in total. The van der Waals surface area contributed by atoms with Crippen molar-refractivity contribution in [2.45, 2.75) is 18.9 Å². The maximum absolute atomic E-state index is 14.2. The van der Waals surface area contributed by atoms with Gasteiger partial charge in [0.05, 0.1) is 30.5 Å². The summed E-state index contributed by atoms with van der Waals surface area (Å²) in [6.07, 6.45) is 3.10. The highest BCUT2D eigenvalue weighted by atomic mass is 35.5. The molecule has 0 bridgehead atoms. The predicted molar refractivity (Wildman–Crippen MR) is 165 cm³/mol. The van der Waals surface area contributed by atoms with E-state index in [1.54, 1.807) is 24.4 Å². The number of nitrogens with zero attached hydrogens (tertiary/aromatic N) is 5. The number of hydrogen-bond acceptors (Lipinski definition) is 8. The molecule has 1 atom stereocenters. The van der Waals surface area contributed by atoms with E-state index in [-0.39, 0.29) is 18.1 Å². The Balaban J connectivity index is 1.56. The number of morpholine rings is 1. The van der Waals surface area contributed by atoms with Crippen LogP contribution in [0.15, 0.2) is 47.6 Å². The summed E-state index contributed by atoms with van der Waals surface area (Å²) in [7, 11) is 3.05. The molecule has 0 radical (unpaired) electrons. The molecule has 234 valence electrons. The van der Waals surface area contributed by atoms with Crippen LogP contribution in [-0.4, -0.2) is 86.3 Å². The summed E-state index contributed by atoms with van der Waals surface area (Å²) in [4.78, 5) is 40.1. The quantitative estimate of drug-likeness (QED) is 0.252. The Kier molecular flexibility index (Phi) is 9.97. The number of aliphatic imine (C=N–C) groups is 1. The largest absolute Gasteiger partial charge is 0.447 e. The third kappa shape index (κ3) is 7.63. The number of hydrogen-bond donors (Lipinski definition) is 1. The Labute approximate surface area is 263 Å². The lowest BCUT2D eigenvalue weighted by Crippen LogP contribution is -2.46. The first-order valence-electron chi connectivity index (χ1n) is 14.1. The predicted octanol–water partition coefficient (Wildman–Crippen LogP) is 5.18. The van der Waals surface area contributed by atoms with Gasteiger partial charge in [-0.3, -0.25) is 14.7 Å². The van der Waals surface area contributed by atoms with E-state index in [0.29, 0.717) is 52.9 Å². The normalized spacial score (nSPS) is 16.0. The maximum atomic E-state index is 14.2. The Morgan fingerprint density at radius 3 is 2.55 bits per heavy atom. The van der Waals surface area contributed by atoms with Crippen LogP contribution in [0.5, 0.6) is 0 Å². The number of aromatic nitrogens is 1. The molecular formula is C30H33ClF2N6O4S. The Morgan fingerprint density at radius 1 is 1.18 bits per heavy atom. The molecule has 1 saturated carbocycles. The van der Waals surface area contributed by atoms with Gasteiger partial charge in [0.1, 0.15) is 28.3 Å². The molecule has 14 heteroatoms. The van der Waals surface area contributed by atoms with Gasteiger partial charge in [0.15, 0.2) is 5.96 Å². The lowest BCUT2D eigenvalue weighted by molar-refractivity contribution is 0.0659. The van der Waals surface area contributed by atoms with Crippen molar-refractivity contribution in [3.8, 4) is 10.6 Å². The molecule has 2 heterocycles. The van der Waals surface area contributed by atoms with Crippen molar-refractivity contribution in [1.82, 2.24) is 14.8 Å². The van der Waals surface area contributed by atoms with Crippen LogP contribution in [0.1, 0.15) is 34.8 Å². The van der Waals surface area contributed by atoms with Crippen molar-refractivity contribution < 1.29 is 27.8 Å². The van der Waals surface area contributed by atoms with Crippen LogP contribution in [0.2, 0.25) is 5.02 Å². The number of amides is 2. The summed E-state index contributed by atoms with van der Waals surface area (Å²) in [5, 5.41) is 2.02. The van der Waals surface area contributed by atoms with Gasteiger partial charge >= 0.3 is 6.09 Å². The number of thiazole rings is 1. The second-order valence-corrected chi connectivity index (χ2v) is 12.2. The minimum Gasteiger partial charge on any atom is -0.447 e. The van der Waals surface area contributed by atoms with Gasteiger partial charge < -0.3 is 25.0 Å². The van der Waals surface area contributed by atoms with Gasteiger partial charge in [-0.05, 0) is 48.6 Å². The third-order valence-corrected chi connectivity index (χ3v) is 8.67. The van der Waals surface area contributed by atoms with E-state index >= 15 is 0 Å². The monoisotopic (exact) mass is 646 g/mol. The second-order valence-electron chi connectivity index (χ2n) is 10.8. The SMILES string of the molecule is CN(C)C(=O)OC[C@H](c1ccc(Cl)c(-c2ncc(N3CCOCC3)s2)c1)N(C(=O)c1cc(F)cc(F)c1)C(N)=NCC1CC1. The molecule has 2 N–H and O–H groups in total. The molecule has 2 aromatic carbocycles. The molecule has 0 unspecified atom stereocenters. The smallest absolute Gasteiger partial charge is 0.409 e. The number of benzene rings is 2. The van der Waals surface area contributed by atoms with Gasteiger partial charge in [-0.15, -0.1) is 0 Å². The Bertz CT molecular complexity index is 1520. The number of anilines is 1. The second kappa shape index (κ2) is 13.9. The minimum atomic E-state index is -1.03. The number of rotatable bonds is 9. The van der Waals surface area contributed by atoms with Crippen molar-refractivity contribution >= 4 is 45.9 Å². The zero-order valence-corrected chi connectivity index (χ0v) is 25.9. The van der Waals surface area contributed by atoms with Gasteiger partial charge in [-0.2, -0.15) is 0 Å². The highest BCUT2D eigenvalue weighted by molar-refractivity contribution is 7.19. The summed E-state index contributed by atoms with van der Waals surface area (Å²) < 4.78 is 39.5. The van der Waals surface area contributed by atoms with Crippen LogP contribution < -0.4 is 10.6 Å². The summed E-state index contributed by atoms with van der Waals surface area (Å²) in [6.45, 7) is 2.78. The van der Waals surface area contributed by atoms with E-state index in [4.69, 9.17) is 26.8 Å². The molecule has 0 spiro atoms. The maximum Gasteiger partial charge on any atom is 0.409 e. The molecule has 2 aliphatic rings. The van der Waals surface area contributed by atoms with Gasteiger partial charge in [0, 0.05) is 50.9 Å². The molecule has 5 rings (SSSR count). The van der Waals surface area contributed by atoms with Gasteiger partial charge in [0.25, 0.3) is 5.91 Å². The lowest BCUT2D eigenvalue weighted by Gasteiger charge is -2.32. The van der Waals surface area contributed by atoms with E-state index in [1.165, 1.54) is 30.3 Å². The van der Waals surface area contributed by atoms with E-state index in [2.05, 4.69) is 14.9 Å². The molecule has 2 fully saturated rings. The molecule has 2 amide bonds. The van der Waals surface area contributed by atoms with Crippen LogP contribution in [0.25, 0.3) is 10.6 Å². The fourth-order valence-corrected chi connectivity index (χ4v) is 5.92. The number of carbonyl (C=O) groups excluding carboxylic acids is 2. The van der Waals surface area contributed by atoms with E-state index in [9.17, 15) is 18.4 Å². The molecule has 1 saturated heterocycles. The van der Waals surface area contributed by atoms with E-state index in [1.807, 2.05) is 0 Å². The van der Waals surface area contributed by atoms with Crippen molar-refractivity contribution in [2.24, 2.45) is 16.6 Å². The number of halogens is 3. The van der Waals surface area contributed by atoms with Crippen molar-refractivity contribution in [3.05, 3.63) is 70.4 Å². The molecule has 1 aliphatic heterocycles. The van der Waals surface area contributed by atoms with Crippen LogP contribution in [0.4, 0.5) is 18.6 Å². The first kappa shape index (κ1) is 31.6. The topological polar surface area (TPSA) is 114 Å². The molecule has 44 heavy (non-hydrogen) atoms. The lowest BCUT2D eigenvalue weighted by atomic mass is 10.0. The standard InChI is InChI=1S/C30H33ClF2N6O4S/c1-37(2)30(41)43-17-25(39(29(34)36-15-18-3-4-18)28(40)20-11-21(32)14-22(33)12-20)19-5-6-24(31)23(13-19)27-35-16-26(44-27)38-7-9-42-10-8-38/h5-6,11-14,16,18,25H,3-4,7-10,15,17H2,1-2H3,(H2,34,36)/t25-/m1/s1. The first-order valence-corrected chi connectivity index (χ1v) is 15.3. The molecule has 1 aromatic heterocycles. The highest BCUT2D eigenvalue weighted by Gasteiger charge is 2.33. The van der Waals surface area contributed by atoms with Gasteiger partial charge in [0.2, 0.25) is 0 Å². The van der Waals surface area contributed by atoms with Crippen LogP contribution in [-0.2, 0) is 9.47 Å². The fraction of sp³-hybridized carbons (Fsp3) is 0.400. The summed E-state index contributed by atoms with van der Waals surface area (Å²) in [6, 6.07) is 6.57. The van der Waals surface area contributed by atoms with Crippen LogP contribution >= 0.6 is 22.9 Å². The number of nitrogens with two attached hydrogens (primary N) is 1. The average Bonchev–Trinajstić information content (AvgIpc) is 3.71. The number of ether oxygens (including phenoxy) is 2. The van der Waals surface area contributed by atoms with E-state index < -0.39 is 29.7 Å². The number of guanidine groups is 1. The summed E-state index contributed by atoms with van der Waals surface area (Å²) >= 11 is 8.11. The summed E-state index contributed by atoms with van der Waals surface area (Å²) in [5.41, 5.74) is 7.25. The Morgan fingerprint density at radius 2 is 1.89 bits per heavy atom. The molecule has 1 aliphatic carbocycles. The zero-order valence-electron chi connectivity index (χ0n) is 24.3. The van der Waals surface area contributed by atoms with Crippen molar-refractivity contribution in [3.63, 3.8) is 0 Å². The van der Waals surface area contributed by atoms with Crippen LogP contribution in [0, 0.1) is 17.6 Å². The first-order chi connectivity index (χ1) is 21.1. The molecular weight excluding hydrogens is 614 g/mol. The summed E-state index contributed by atoms with van der Waals surface area (Å²) in [5.74, 6) is -2.49. The fourth-order valence-electron chi connectivity index (χ4n) is 4.65.